The van der Waals surface area contributed by atoms with Gasteiger partial charge in [0.05, 0.1) is 6.04 Å². The molecule has 1 aromatic rings. The zero-order valence-corrected chi connectivity index (χ0v) is 8.60. The van der Waals surface area contributed by atoms with Crippen LogP contribution in [0.25, 0.3) is 0 Å². The average molecular weight is 250 g/mol. The first-order valence-corrected chi connectivity index (χ1v) is 5.42. The molecule has 1 aliphatic heterocycles. The molecule has 0 saturated carbocycles. The second-order valence-electron chi connectivity index (χ2n) is 2.48. The molecule has 0 amide bonds. The molecule has 0 aromatic carbocycles. The van der Waals surface area contributed by atoms with Crippen LogP contribution in [0.4, 0.5) is 5.95 Å². The van der Waals surface area contributed by atoms with Crippen molar-refractivity contribution < 1.29 is 0 Å². The zero-order valence-electron chi connectivity index (χ0n) is 6.20. The first-order chi connectivity index (χ1) is 5.81. The van der Waals surface area contributed by atoms with Crippen LogP contribution < -0.4 is 11.3 Å². The molecule has 0 spiro atoms. The van der Waals surface area contributed by atoms with Crippen molar-refractivity contribution in [1.82, 2.24) is 14.8 Å². The van der Waals surface area contributed by atoms with Crippen molar-refractivity contribution in [3.05, 3.63) is 4.73 Å². The van der Waals surface area contributed by atoms with Crippen molar-refractivity contribution in [2.24, 2.45) is 5.84 Å². The van der Waals surface area contributed by atoms with E-state index in [1.807, 2.05) is 16.4 Å². The molecule has 0 atom stereocenters. The number of nitrogens with one attached hydrogen (secondary N) is 1. The fraction of sp³-hybridized carbons (Fsp3) is 0.600. The maximum atomic E-state index is 5.28. The number of rotatable bonds is 2. The summed E-state index contributed by atoms with van der Waals surface area (Å²) >= 11 is 5.10. The lowest BCUT2D eigenvalue weighted by molar-refractivity contribution is 0.529. The summed E-state index contributed by atoms with van der Waals surface area (Å²) in [5.41, 5.74) is 2.52. The van der Waals surface area contributed by atoms with E-state index in [9.17, 15) is 0 Å². The number of nitrogens with zero attached hydrogens (tertiary/aromatic N) is 3. The molecule has 1 aliphatic rings. The third-order valence-corrected chi connectivity index (χ3v) is 3.28. The monoisotopic (exact) mass is 249 g/mol. The highest BCUT2D eigenvalue weighted by Crippen LogP contribution is 2.30. The predicted octanol–water partition coefficient (Wildman–Crippen LogP) is 0.614. The average Bonchev–Trinajstić information content (AvgIpc) is 2.27. The summed E-state index contributed by atoms with van der Waals surface area (Å²) in [7, 11) is 0. The Bertz CT molecular complexity index is 283. The van der Waals surface area contributed by atoms with Crippen molar-refractivity contribution in [2.75, 3.05) is 16.9 Å². The molecular weight excluding hydrogens is 242 g/mol. The molecule has 2 rings (SSSR count). The highest BCUT2D eigenvalue weighted by Gasteiger charge is 2.24. The van der Waals surface area contributed by atoms with Gasteiger partial charge in [-0.2, -0.15) is 16.7 Å². The van der Waals surface area contributed by atoms with Gasteiger partial charge in [-0.1, -0.05) is 0 Å². The lowest BCUT2D eigenvalue weighted by Gasteiger charge is -2.25. The summed E-state index contributed by atoms with van der Waals surface area (Å²) < 4.78 is 2.40. The van der Waals surface area contributed by atoms with Crippen molar-refractivity contribution in [1.29, 1.82) is 0 Å². The van der Waals surface area contributed by atoms with Crippen LogP contribution in [0.2, 0.25) is 0 Å². The second-order valence-corrected chi connectivity index (χ2v) is 4.27. The Morgan fingerprint density at radius 3 is 2.92 bits per heavy atom. The maximum Gasteiger partial charge on any atom is 0.236 e. The van der Waals surface area contributed by atoms with Crippen LogP contribution in [0.5, 0.6) is 0 Å². The number of thioether (sulfide) groups is 1. The number of nitrogen functional groups attached to an aromatic ring is 1. The Morgan fingerprint density at radius 2 is 2.42 bits per heavy atom. The highest BCUT2D eigenvalue weighted by molar-refractivity contribution is 9.10. The van der Waals surface area contributed by atoms with Gasteiger partial charge >= 0.3 is 0 Å². The SMILES string of the molecule is NNc1nc(Br)nn1C1CSC1. The molecule has 5 nitrogen and oxygen atoms in total. The number of anilines is 1. The Morgan fingerprint density at radius 1 is 1.67 bits per heavy atom. The fourth-order valence-electron chi connectivity index (χ4n) is 1.01. The number of aromatic nitrogens is 3. The van der Waals surface area contributed by atoms with E-state index in [2.05, 4.69) is 31.4 Å². The van der Waals surface area contributed by atoms with Gasteiger partial charge in [0, 0.05) is 11.5 Å². The Balaban J connectivity index is 2.27. The van der Waals surface area contributed by atoms with Crippen molar-refractivity contribution >= 4 is 33.6 Å². The minimum atomic E-state index is 0.444. The van der Waals surface area contributed by atoms with E-state index in [1.165, 1.54) is 0 Å². The second kappa shape index (κ2) is 3.23. The first kappa shape index (κ1) is 8.33. The van der Waals surface area contributed by atoms with E-state index < -0.39 is 0 Å². The summed E-state index contributed by atoms with van der Waals surface area (Å²) in [6.45, 7) is 0. The van der Waals surface area contributed by atoms with Crippen molar-refractivity contribution in [3.8, 4) is 0 Å². The molecule has 3 N–H and O–H groups in total. The van der Waals surface area contributed by atoms with Crippen LogP contribution in [0.15, 0.2) is 4.73 Å². The predicted molar refractivity (Wildman–Crippen MR) is 51.9 cm³/mol. The molecule has 1 aromatic heterocycles. The van der Waals surface area contributed by atoms with E-state index in [-0.39, 0.29) is 0 Å². The Kier molecular flexibility index (Phi) is 2.24. The van der Waals surface area contributed by atoms with Gasteiger partial charge in [-0.3, -0.25) is 5.43 Å². The van der Waals surface area contributed by atoms with Crippen molar-refractivity contribution in [2.45, 2.75) is 6.04 Å². The smallest absolute Gasteiger partial charge is 0.236 e. The van der Waals surface area contributed by atoms with Crippen LogP contribution in [0, 0.1) is 0 Å². The maximum absolute atomic E-state index is 5.28. The molecule has 0 bridgehead atoms. The molecule has 0 aliphatic carbocycles. The van der Waals surface area contributed by atoms with Gasteiger partial charge in [0.2, 0.25) is 10.7 Å². The van der Waals surface area contributed by atoms with Gasteiger partial charge in [-0.05, 0) is 15.9 Å². The zero-order chi connectivity index (χ0) is 8.55. The summed E-state index contributed by atoms with van der Waals surface area (Å²) in [5.74, 6) is 8.07. The molecule has 1 saturated heterocycles. The number of hydrogen-bond donors (Lipinski definition) is 2. The standard InChI is InChI=1S/C5H8BrN5S/c6-4-8-5(9-7)11(10-4)3-1-12-2-3/h3H,1-2,7H2,(H,8,9,10). The third-order valence-electron chi connectivity index (χ3n) is 1.70. The number of hydrazine groups is 1. The summed E-state index contributed by atoms with van der Waals surface area (Å²) in [5, 5.41) is 4.17. The molecule has 0 radical (unpaired) electrons. The minimum Gasteiger partial charge on any atom is -0.293 e. The third kappa shape index (κ3) is 1.32. The molecule has 2 heterocycles. The molecule has 7 heteroatoms. The van der Waals surface area contributed by atoms with E-state index in [0.29, 0.717) is 16.7 Å². The number of hydrogen-bond acceptors (Lipinski definition) is 5. The number of halogens is 1. The molecular formula is C5H8BrN5S. The van der Waals surface area contributed by atoms with Gasteiger partial charge in [0.15, 0.2) is 0 Å². The van der Waals surface area contributed by atoms with Gasteiger partial charge in [0.1, 0.15) is 0 Å². The van der Waals surface area contributed by atoms with Crippen LogP contribution >= 0.6 is 27.7 Å². The van der Waals surface area contributed by atoms with E-state index in [0.717, 1.165) is 11.5 Å². The van der Waals surface area contributed by atoms with E-state index in [1.54, 1.807) is 0 Å². The number of nitrogens with two attached hydrogens (primary N) is 1. The quantitative estimate of drug-likeness (QED) is 0.594. The lowest BCUT2D eigenvalue weighted by Crippen LogP contribution is -2.26. The fourth-order valence-corrected chi connectivity index (χ4v) is 2.08. The van der Waals surface area contributed by atoms with Crippen LogP contribution in [-0.2, 0) is 0 Å². The largest absolute Gasteiger partial charge is 0.293 e. The molecule has 0 unspecified atom stereocenters. The van der Waals surface area contributed by atoms with Crippen LogP contribution in [0.1, 0.15) is 6.04 Å². The van der Waals surface area contributed by atoms with Crippen molar-refractivity contribution in [3.63, 3.8) is 0 Å². The Hall–Kier alpha value is -0.270. The molecule has 12 heavy (non-hydrogen) atoms. The topological polar surface area (TPSA) is 68.8 Å². The van der Waals surface area contributed by atoms with Gasteiger partial charge in [0.25, 0.3) is 0 Å². The highest BCUT2D eigenvalue weighted by atomic mass is 79.9. The molecule has 1 fully saturated rings. The Labute approximate surface area is 82.2 Å². The van der Waals surface area contributed by atoms with Gasteiger partial charge in [-0.15, -0.1) is 5.10 Å². The lowest BCUT2D eigenvalue weighted by atomic mass is 10.4. The van der Waals surface area contributed by atoms with E-state index >= 15 is 0 Å². The van der Waals surface area contributed by atoms with Crippen LogP contribution in [-0.4, -0.2) is 26.3 Å². The first-order valence-electron chi connectivity index (χ1n) is 3.47. The minimum absolute atomic E-state index is 0.444. The van der Waals surface area contributed by atoms with Gasteiger partial charge < -0.3 is 0 Å². The normalized spacial score (nSPS) is 17.5. The van der Waals surface area contributed by atoms with Crippen LogP contribution in [0.3, 0.4) is 0 Å². The molecule has 66 valence electrons. The van der Waals surface area contributed by atoms with E-state index in [4.69, 9.17) is 5.84 Å². The summed E-state index contributed by atoms with van der Waals surface area (Å²) in [6.07, 6.45) is 0. The summed E-state index contributed by atoms with van der Waals surface area (Å²) in [6, 6.07) is 0.444. The summed E-state index contributed by atoms with van der Waals surface area (Å²) in [4.78, 5) is 4.06. The van der Waals surface area contributed by atoms with Gasteiger partial charge in [-0.25, -0.2) is 10.5 Å².